The molecule has 2 N–H and O–H groups in total. The van der Waals surface area contributed by atoms with E-state index in [0.717, 1.165) is 5.75 Å². The van der Waals surface area contributed by atoms with Gasteiger partial charge in [0.1, 0.15) is 0 Å². The van der Waals surface area contributed by atoms with Crippen molar-refractivity contribution in [1.29, 1.82) is 0 Å². The van der Waals surface area contributed by atoms with Crippen molar-refractivity contribution < 1.29 is 0 Å². The van der Waals surface area contributed by atoms with Crippen molar-refractivity contribution in [3.8, 4) is 0 Å². The zero-order chi connectivity index (χ0) is 13.0. The van der Waals surface area contributed by atoms with E-state index in [4.69, 9.17) is 5.73 Å². The second-order valence-electron chi connectivity index (χ2n) is 4.44. The Morgan fingerprint density at radius 3 is 2.50 bits per heavy atom. The predicted octanol–water partition coefficient (Wildman–Crippen LogP) is 3.49. The van der Waals surface area contributed by atoms with Crippen molar-refractivity contribution in [1.82, 2.24) is 4.98 Å². The zero-order valence-corrected chi connectivity index (χ0v) is 11.6. The Morgan fingerprint density at radius 1 is 1.11 bits per heavy atom. The van der Waals surface area contributed by atoms with Gasteiger partial charge in [0.05, 0.1) is 0 Å². The molecule has 0 saturated heterocycles. The summed E-state index contributed by atoms with van der Waals surface area (Å²) in [5.74, 6) is 0.881. The summed E-state index contributed by atoms with van der Waals surface area (Å²) in [7, 11) is 0. The van der Waals surface area contributed by atoms with E-state index in [9.17, 15) is 0 Å². The number of thioether (sulfide) groups is 1. The third-order valence-corrected chi connectivity index (χ3v) is 4.17. The molecule has 0 saturated carbocycles. The van der Waals surface area contributed by atoms with Crippen LogP contribution in [0, 0.1) is 13.8 Å². The lowest BCUT2D eigenvalue weighted by atomic mass is 10.0. The molecule has 2 rings (SSSR count). The van der Waals surface area contributed by atoms with Gasteiger partial charge in [-0.1, -0.05) is 18.2 Å². The van der Waals surface area contributed by atoms with Gasteiger partial charge in [-0.25, -0.2) is 0 Å². The van der Waals surface area contributed by atoms with Crippen LogP contribution in [0.2, 0.25) is 0 Å². The molecule has 0 bridgehead atoms. The third kappa shape index (κ3) is 3.34. The van der Waals surface area contributed by atoms with Crippen LogP contribution in [-0.2, 0) is 0 Å². The Morgan fingerprint density at radius 2 is 1.83 bits per heavy atom. The van der Waals surface area contributed by atoms with Gasteiger partial charge in [0.2, 0.25) is 0 Å². The van der Waals surface area contributed by atoms with Crippen LogP contribution in [0.15, 0.2) is 47.6 Å². The van der Waals surface area contributed by atoms with Crippen LogP contribution in [0.3, 0.4) is 0 Å². The number of rotatable bonds is 4. The molecule has 1 aromatic heterocycles. The largest absolute Gasteiger partial charge is 0.323 e. The topological polar surface area (TPSA) is 38.9 Å². The molecule has 2 aromatic rings. The number of hydrogen-bond acceptors (Lipinski definition) is 3. The van der Waals surface area contributed by atoms with Gasteiger partial charge in [0.25, 0.3) is 0 Å². The average molecular weight is 258 g/mol. The molecule has 1 unspecified atom stereocenters. The smallest absolute Gasteiger partial charge is 0.0390 e. The molecular weight excluding hydrogens is 240 g/mol. The summed E-state index contributed by atoms with van der Waals surface area (Å²) in [5, 5.41) is 0. The fraction of sp³-hybridized carbons (Fsp3) is 0.267. The monoisotopic (exact) mass is 258 g/mol. The van der Waals surface area contributed by atoms with Crippen molar-refractivity contribution in [2.75, 3.05) is 5.75 Å². The fourth-order valence-electron chi connectivity index (χ4n) is 1.71. The molecule has 0 aliphatic heterocycles. The number of pyridine rings is 1. The molecule has 0 amide bonds. The molecule has 3 heteroatoms. The molecule has 0 radical (unpaired) electrons. The highest BCUT2D eigenvalue weighted by Gasteiger charge is 2.07. The molecule has 0 spiro atoms. The second kappa shape index (κ2) is 6.03. The normalized spacial score (nSPS) is 12.4. The first-order valence-corrected chi connectivity index (χ1v) is 7.01. The van der Waals surface area contributed by atoms with Crippen LogP contribution in [0.1, 0.15) is 22.7 Å². The van der Waals surface area contributed by atoms with Crippen LogP contribution in [0.5, 0.6) is 0 Å². The quantitative estimate of drug-likeness (QED) is 0.853. The molecule has 2 nitrogen and oxygen atoms in total. The summed E-state index contributed by atoms with van der Waals surface area (Å²) in [6.45, 7) is 4.25. The minimum atomic E-state index is 0.0717. The Hall–Kier alpha value is -1.32. The first-order chi connectivity index (χ1) is 8.66. The molecule has 18 heavy (non-hydrogen) atoms. The minimum absolute atomic E-state index is 0.0717. The van der Waals surface area contributed by atoms with E-state index in [1.165, 1.54) is 21.6 Å². The molecular formula is C15H18N2S. The second-order valence-corrected chi connectivity index (χ2v) is 5.54. The Kier molecular flexibility index (Phi) is 4.39. The fourth-order valence-corrected chi connectivity index (χ4v) is 2.59. The molecule has 0 fully saturated rings. The summed E-state index contributed by atoms with van der Waals surface area (Å²) in [6.07, 6.45) is 3.62. The van der Waals surface area contributed by atoms with Gasteiger partial charge in [-0.2, -0.15) is 0 Å². The van der Waals surface area contributed by atoms with Gasteiger partial charge in [-0.05, 0) is 42.7 Å². The number of aryl methyl sites for hydroxylation is 2. The highest BCUT2D eigenvalue weighted by molar-refractivity contribution is 7.99. The number of nitrogens with zero attached hydrogens (tertiary/aromatic N) is 1. The van der Waals surface area contributed by atoms with Crippen molar-refractivity contribution in [3.63, 3.8) is 0 Å². The van der Waals surface area contributed by atoms with Crippen molar-refractivity contribution in [2.45, 2.75) is 24.8 Å². The van der Waals surface area contributed by atoms with Crippen LogP contribution in [0.4, 0.5) is 0 Å². The SMILES string of the molecule is Cc1ccc(C(N)CSc2ccncc2)cc1C. The molecule has 1 heterocycles. The highest BCUT2D eigenvalue weighted by Crippen LogP contribution is 2.23. The van der Waals surface area contributed by atoms with E-state index in [0.29, 0.717) is 0 Å². The van der Waals surface area contributed by atoms with Crippen molar-refractivity contribution in [2.24, 2.45) is 5.73 Å². The molecule has 0 aliphatic carbocycles. The van der Waals surface area contributed by atoms with Crippen molar-refractivity contribution in [3.05, 3.63) is 59.4 Å². The Labute approximate surface area is 113 Å². The van der Waals surface area contributed by atoms with E-state index in [1.54, 1.807) is 11.8 Å². The number of benzene rings is 1. The number of hydrogen-bond donors (Lipinski definition) is 1. The molecule has 0 aliphatic rings. The van der Waals surface area contributed by atoms with Gasteiger partial charge < -0.3 is 5.73 Å². The maximum Gasteiger partial charge on any atom is 0.0390 e. The zero-order valence-electron chi connectivity index (χ0n) is 10.8. The molecule has 1 atom stereocenters. The van der Waals surface area contributed by atoms with E-state index < -0.39 is 0 Å². The Balaban J connectivity index is 1.99. The highest BCUT2D eigenvalue weighted by atomic mass is 32.2. The molecule has 94 valence electrons. The maximum absolute atomic E-state index is 6.23. The molecule has 1 aromatic carbocycles. The first-order valence-electron chi connectivity index (χ1n) is 6.02. The number of aromatic nitrogens is 1. The van der Waals surface area contributed by atoms with Gasteiger partial charge in [-0.15, -0.1) is 11.8 Å². The minimum Gasteiger partial charge on any atom is -0.323 e. The van der Waals surface area contributed by atoms with Crippen LogP contribution < -0.4 is 5.73 Å². The van der Waals surface area contributed by atoms with Gasteiger partial charge in [0.15, 0.2) is 0 Å². The summed E-state index contributed by atoms with van der Waals surface area (Å²) in [5.41, 5.74) is 10.0. The van der Waals surface area contributed by atoms with Crippen LogP contribution in [0.25, 0.3) is 0 Å². The third-order valence-electron chi connectivity index (χ3n) is 3.04. The average Bonchev–Trinajstić information content (AvgIpc) is 2.40. The first kappa shape index (κ1) is 13.1. The van der Waals surface area contributed by atoms with Crippen LogP contribution in [-0.4, -0.2) is 10.7 Å². The number of nitrogens with two attached hydrogens (primary N) is 1. The summed E-state index contributed by atoms with van der Waals surface area (Å²) in [6, 6.07) is 10.5. The maximum atomic E-state index is 6.23. The lowest BCUT2D eigenvalue weighted by Gasteiger charge is -2.13. The van der Waals surface area contributed by atoms with E-state index in [-0.39, 0.29) is 6.04 Å². The summed E-state index contributed by atoms with van der Waals surface area (Å²) >= 11 is 1.77. The van der Waals surface area contributed by atoms with Gasteiger partial charge in [-0.3, -0.25) is 4.98 Å². The summed E-state index contributed by atoms with van der Waals surface area (Å²) in [4.78, 5) is 5.22. The van der Waals surface area contributed by atoms with Gasteiger partial charge in [0, 0.05) is 29.1 Å². The lowest BCUT2D eigenvalue weighted by molar-refractivity contribution is 0.829. The Bertz CT molecular complexity index is 511. The van der Waals surface area contributed by atoms with E-state index >= 15 is 0 Å². The standard InChI is InChI=1S/C15H18N2S/c1-11-3-4-13(9-12(11)2)15(16)10-18-14-5-7-17-8-6-14/h3-9,15H,10,16H2,1-2H3. The summed E-state index contributed by atoms with van der Waals surface area (Å²) < 4.78 is 0. The van der Waals surface area contributed by atoms with Crippen molar-refractivity contribution >= 4 is 11.8 Å². The van der Waals surface area contributed by atoms with Crippen LogP contribution >= 0.6 is 11.8 Å². The van der Waals surface area contributed by atoms with E-state index in [2.05, 4.69) is 37.0 Å². The van der Waals surface area contributed by atoms with E-state index in [1.807, 2.05) is 24.5 Å². The predicted molar refractivity (Wildman–Crippen MR) is 77.8 cm³/mol. The van der Waals surface area contributed by atoms with Gasteiger partial charge >= 0.3 is 0 Å². The lowest BCUT2D eigenvalue weighted by Crippen LogP contribution is -2.13.